The Labute approximate surface area is 213 Å². The van der Waals surface area contributed by atoms with Crippen LogP contribution in [0.25, 0.3) is 33.5 Å². The van der Waals surface area contributed by atoms with Crippen LogP contribution >= 0.6 is 0 Å². The van der Waals surface area contributed by atoms with Gasteiger partial charge in [0.15, 0.2) is 5.82 Å². The molecular weight excluding hydrogens is 464 g/mol. The van der Waals surface area contributed by atoms with Crippen molar-refractivity contribution in [2.75, 3.05) is 26.2 Å². The maximum Gasteiger partial charge on any atom is 0.272 e. The predicted molar refractivity (Wildman–Crippen MR) is 140 cm³/mol. The quantitative estimate of drug-likeness (QED) is 0.414. The Hall–Kier alpha value is -4.59. The summed E-state index contributed by atoms with van der Waals surface area (Å²) < 4.78 is 0. The van der Waals surface area contributed by atoms with Gasteiger partial charge in [-0.2, -0.15) is 0 Å². The van der Waals surface area contributed by atoms with Gasteiger partial charge in [0.25, 0.3) is 11.8 Å². The van der Waals surface area contributed by atoms with E-state index >= 15 is 0 Å². The second-order valence-electron chi connectivity index (χ2n) is 9.84. The first-order valence-electron chi connectivity index (χ1n) is 12.5. The number of para-hydroxylation sites is 3. The largest absolute Gasteiger partial charge is 0.337 e. The van der Waals surface area contributed by atoms with Crippen LogP contribution in [0.5, 0.6) is 0 Å². The number of nitrogens with one attached hydrogen (secondary N) is 1. The lowest BCUT2D eigenvalue weighted by Gasteiger charge is -2.21. The van der Waals surface area contributed by atoms with Crippen LogP contribution in [0.2, 0.25) is 0 Å². The highest BCUT2D eigenvalue weighted by molar-refractivity contribution is 5.95. The minimum Gasteiger partial charge on any atom is -0.337 e. The van der Waals surface area contributed by atoms with E-state index in [1.165, 1.54) is 0 Å². The summed E-state index contributed by atoms with van der Waals surface area (Å²) in [5.74, 6) is 1.03. The lowest BCUT2D eigenvalue weighted by molar-refractivity contribution is 0.0732. The lowest BCUT2D eigenvalue weighted by atomic mass is 10.0. The van der Waals surface area contributed by atoms with Crippen LogP contribution in [-0.4, -0.2) is 67.7 Å². The number of carbonyl (C=O) groups is 2. The van der Waals surface area contributed by atoms with E-state index in [9.17, 15) is 9.59 Å². The van der Waals surface area contributed by atoms with Crippen LogP contribution in [0.15, 0.2) is 78.9 Å². The first-order chi connectivity index (χ1) is 18.1. The average Bonchev–Trinajstić information content (AvgIpc) is 3.65. The molecule has 2 aromatic carbocycles. The van der Waals surface area contributed by atoms with Gasteiger partial charge in [0.1, 0.15) is 17.1 Å². The molecule has 2 amide bonds. The van der Waals surface area contributed by atoms with Gasteiger partial charge in [-0.25, -0.2) is 15.0 Å². The van der Waals surface area contributed by atoms with Gasteiger partial charge in [0, 0.05) is 43.4 Å². The molecule has 37 heavy (non-hydrogen) atoms. The van der Waals surface area contributed by atoms with Crippen LogP contribution in [0, 0.1) is 11.8 Å². The van der Waals surface area contributed by atoms with E-state index in [4.69, 9.17) is 0 Å². The zero-order chi connectivity index (χ0) is 24.9. The molecule has 0 aliphatic carbocycles. The second kappa shape index (κ2) is 8.51. The highest BCUT2D eigenvalue weighted by atomic mass is 16.2. The van der Waals surface area contributed by atoms with E-state index in [2.05, 4.69) is 19.9 Å². The molecule has 2 atom stereocenters. The molecule has 2 unspecified atom stereocenters. The molecule has 182 valence electrons. The van der Waals surface area contributed by atoms with E-state index in [0.717, 1.165) is 21.9 Å². The number of fused-ring (bicyclic) bond motifs is 3. The van der Waals surface area contributed by atoms with Crippen molar-refractivity contribution in [1.82, 2.24) is 29.7 Å². The van der Waals surface area contributed by atoms with Gasteiger partial charge >= 0.3 is 0 Å². The lowest BCUT2D eigenvalue weighted by Crippen LogP contribution is -2.36. The van der Waals surface area contributed by atoms with E-state index in [1.807, 2.05) is 76.5 Å². The number of rotatable bonds is 3. The predicted octanol–water partition coefficient (Wildman–Crippen LogP) is 4.02. The normalized spacial score (nSPS) is 19.0. The second-order valence-corrected chi connectivity index (χ2v) is 9.84. The van der Waals surface area contributed by atoms with Gasteiger partial charge in [0.05, 0.1) is 16.6 Å². The Morgan fingerprint density at radius 3 is 2.03 bits per heavy atom. The SMILES string of the molecule is O=C(c1cccc(-c2nc3ccccc3[nH]2)n1)N1CC2CN(C(=O)c3ccc4ccccc4n3)CC2C1. The van der Waals surface area contributed by atoms with Crippen molar-refractivity contribution in [2.45, 2.75) is 0 Å². The van der Waals surface area contributed by atoms with Gasteiger partial charge in [0.2, 0.25) is 0 Å². The first-order valence-corrected chi connectivity index (χ1v) is 12.5. The third kappa shape index (κ3) is 3.81. The molecule has 8 heteroatoms. The summed E-state index contributed by atoms with van der Waals surface area (Å²) in [5, 5.41) is 1.02. The molecule has 2 fully saturated rings. The topological polar surface area (TPSA) is 95.1 Å². The number of pyridine rings is 2. The van der Waals surface area contributed by atoms with Crippen molar-refractivity contribution in [3.63, 3.8) is 0 Å². The van der Waals surface area contributed by atoms with Crippen molar-refractivity contribution < 1.29 is 9.59 Å². The van der Waals surface area contributed by atoms with Crippen LogP contribution in [-0.2, 0) is 0 Å². The van der Waals surface area contributed by atoms with E-state index in [0.29, 0.717) is 49.1 Å². The summed E-state index contributed by atoms with van der Waals surface area (Å²) >= 11 is 0. The molecule has 5 heterocycles. The van der Waals surface area contributed by atoms with E-state index < -0.39 is 0 Å². The van der Waals surface area contributed by atoms with Crippen molar-refractivity contribution in [3.8, 4) is 11.5 Å². The third-order valence-electron chi connectivity index (χ3n) is 7.48. The summed E-state index contributed by atoms with van der Waals surface area (Å²) in [6.45, 7) is 2.51. The molecule has 2 aliphatic heterocycles. The molecule has 2 saturated heterocycles. The Kier molecular flexibility index (Phi) is 4.99. The molecular formula is C29H24N6O2. The molecule has 5 aromatic rings. The Morgan fingerprint density at radius 1 is 0.649 bits per heavy atom. The molecule has 7 rings (SSSR count). The van der Waals surface area contributed by atoms with Gasteiger partial charge in [-0.3, -0.25) is 9.59 Å². The fourth-order valence-electron chi connectivity index (χ4n) is 5.59. The number of benzene rings is 2. The number of amides is 2. The molecule has 0 bridgehead atoms. The highest BCUT2D eigenvalue weighted by Gasteiger charge is 2.43. The van der Waals surface area contributed by atoms with Gasteiger partial charge in [-0.05, 0) is 36.4 Å². The maximum absolute atomic E-state index is 13.3. The monoisotopic (exact) mass is 488 g/mol. The number of nitrogens with zero attached hydrogens (tertiary/aromatic N) is 5. The third-order valence-corrected chi connectivity index (χ3v) is 7.48. The van der Waals surface area contributed by atoms with Crippen LogP contribution in [0.4, 0.5) is 0 Å². The maximum atomic E-state index is 13.3. The zero-order valence-corrected chi connectivity index (χ0v) is 20.0. The zero-order valence-electron chi connectivity index (χ0n) is 20.0. The average molecular weight is 489 g/mol. The molecule has 0 saturated carbocycles. The number of aromatic amines is 1. The van der Waals surface area contributed by atoms with E-state index in [1.54, 1.807) is 12.1 Å². The van der Waals surface area contributed by atoms with Gasteiger partial charge < -0.3 is 14.8 Å². The molecule has 0 radical (unpaired) electrons. The van der Waals surface area contributed by atoms with Crippen molar-refractivity contribution in [3.05, 3.63) is 90.3 Å². The van der Waals surface area contributed by atoms with Crippen molar-refractivity contribution >= 4 is 33.8 Å². The molecule has 8 nitrogen and oxygen atoms in total. The number of likely N-dealkylation sites (tertiary alicyclic amines) is 2. The smallest absolute Gasteiger partial charge is 0.272 e. The summed E-state index contributed by atoms with van der Waals surface area (Å²) in [6.07, 6.45) is 0. The van der Waals surface area contributed by atoms with Crippen molar-refractivity contribution in [1.29, 1.82) is 0 Å². The Balaban J connectivity index is 1.04. The minimum atomic E-state index is -0.0820. The highest BCUT2D eigenvalue weighted by Crippen LogP contribution is 2.33. The summed E-state index contributed by atoms with van der Waals surface area (Å²) in [6, 6.07) is 24.8. The van der Waals surface area contributed by atoms with Crippen LogP contribution in [0.1, 0.15) is 21.0 Å². The van der Waals surface area contributed by atoms with Crippen LogP contribution in [0.3, 0.4) is 0 Å². The van der Waals surface area contributed by atoms with E-state index in [-0.39, 0.29) is 23.7 Å². The van der Waals surface area contributed by atoms with Crippen molar-refractivity contribution in [2.24, 2.45) is 11.8 Å². The van der Waals surface area contributed by atoms with Gasteiger partial charge in [-0.1, -0.05) is 42.5 Å². The van der Waals surface area contributed by atoms with Gasteiger partial charge in [-0.15, -0.1) is 0 Å². The summed E-state index contributed by atoms with van der Waals surface area (Å²) in [5.41, 5.74) is 4.13. The molecule has 2 aliphatic rings. The minimum absolute atomic E-state index is 0.0433. The number of hydrogen-bond acceptors (Lipinski definition) is 5. The number of H-pyrrole nitrogens is 1. The Morgan fingerprint density at radius 2 is 1.30 bits per heavy atom. The number of carbonyl (C=O) groups excluding carboxylic acids is 2. The number of aromatic nitrogens is 4. The molecule has 0 spiro atoms. The fraction of sp³-hybridized carbons (Fsp3) is 0.207. The number of imidazole rings is 1. The standard InChI is InChI=1S/C29H24N6O2/c36-28(25-11-5-10-24(31-25)27-32-22-8-3-4-9-23(22)33-27)34-14-19-16-35(17-20(19)15-34)29(37)26-13-12-18-6-1-2-7-21(18)30-26/h1-13,19-20H,14-17H2,(H,32,33). The summed E-state index contributed by atoms with van der Waals surface area (Å²) in [7, 11) is 0. The number of hydrogen-bond donors (Lipinski definition) is 1. The van der Waals surface area contributed by atoms with Crippen LogP contribution < -0.4 is 0 Å². The first kappa shape index (κ1) is 21.7. The Bertz CT molecular complexity index is 1630. The fourth-order valence-corrected chi connectivity index (χ4v) is 5.59. The summed E-state index contributed by atoms with van der Waals surface area (Å²) in [4.78, 5) is 47.3. The molecule has 3 aromatic heterocycles. The molecule has 1 N–H and O–H groups in total.